The lowest BCUT2D eigenvalue weighted by Gasteiger charge is -2.07. The largest absolute Gasteiger partial charge is 0.416 e. The molecule has 2 rings (SSSR count). The van der Waals surface area contributed by atoms with Gasteiger partial charge in [0.2, 0.25) is 0 Å². The first-order valence-electron chi connectivity index (χ1n) is 6.30. The molecule has 0 spiro atoms. The van der Waals surface area contributed by atoms with E-state index in [9.17, 15) is 13.2 Å². The highest BCUT2D eigenvalue weighted by Crippen LogP contribution is 2.30. The first-order valence-corrected chi connectivity index (χ1v) is 6.30. The zero-order valence-corrected chi connectivity index (χ0v) is 11.0. The molecule has 1 aromatic heterocycles. The Hall–Kier alpha value is -1.89. The molecule has 7 heteroatoms. The summed E-state index contributed by atoms with van der Waals surface area (Å²) in [5, 5.41) is 11.3. The van der Waals surface area contributed by atoms with Gasteiger partial charge in [0.25, 0.3) is 0 Å². The molecule has 0 aliphatic rings. The van der Waals surface area contributed by atoms with Gasteiger partial charge < -0.3 is 5.32 Å². The van der Waals surface area contributed by atoms with Gasteiger partial charge in [0, 0.05) is 6.54 Å². The third-order valence-corrected chi connectivity index (χ3v) is 2.68. The molecule has 0 radical (unpaired) electrons. The number of nitrogens with one attached hydrogen (secondary N) is 1. The minimum absolute atomic E-state index is 0.293. The fourth-order valence-electron chi connectivity index (χ4n) is 1.70. The Bertz CT molecular complexity index is 563. The van der Waals surface area contributed by atoms with Crippen LogP contribution in [-0.4, -0.2) is 21.5 Å². The van der Waals surface area contributed by atoms with Crippen molar-refractivity contribution in [3.63, 3.8) is 0 Å². The van der Waals surface area contributed by atoms with Crippen LogP contribution in [0, 0.1) is 0 Å². The van der Waals surface area contributed by atoms with E-state index in [0.29, 0.717) is 17.9 Å². The molecule has 0 unspecified atom stereocenters. The van der Waals surface area contributed by atoms with Crippen LogP contribution in [0.25, 0.3) is 5.69 Å². The van der Waals surface area contributed by atoms with Gasteiger partial charge in [0.05, 0.1) is 23.1 Å². The molecule has 0 aliphatic carbocycles. The fraction of sp³-hybridized carbons (Fsp3) is 0.385. The zero-order chi connectivity index (χ0) is 14.6. The van der Waals surface area contributed by atoms with Crippen molar-refractivity contribution >= 4 is 0 Å². The predicted octanol–water partition coefficient (Wildman–Crippen LogP) is 2.79. The molecule has 1 heterocycles. The molecule has 0 bridgehead atoms. The monoisotopic (exact) mass is 284 g/mol. The van der Waals surface area contributed by atoms with E-state index in [2.05, 4.69) is 15.5 Å². The van der Waals surface area contributed by atoms with Crippen LogP contribution in [-0.2, 0) is 12.7 Å². The maximum Gasteiger partial charge on any atom is 0.416 e. The summed E-state index contributed by atoms with van der Waals surface area (Å²) in [5.41, 5.74) is 0.274. The Morgan fingerprint density at radius 2 is 2.10 bits per heavy atom. The second kappa shape index (κ2) is 6.04. The Balaban J connectivity index is 2.16. The van der Waals surface area contributed by atoms with Crippen LogP contribution < -0.4 is 5.32 Å². The van der Waals surface area contributed by atoms with Gasteiger partial charge in [-0.05, 0) is 31.2 Å². The summed E-state index contributed by atoms with van der Waals surface area (Å²) in [6.45, 7) is 3.45. The van der Waals surface area contributed by atoms with Gasteiger partial charge in [-0.3, -0.25) is 0 Å². The second-order valence-corrected chi connectivity index (χ2v) is 4.35. The topological polar surface area (TPSA) is 42.7 Å². The van der Waals surface area contributed by atoms with E-state index < -0.39 is 11.7 Å². The molecule has 0 amide bonds. The molecule has 2 aromatic rings. The number of halogens is 3. The molecule has 0 fully saturated rings. The molecule has 20 heavy (non-hydrogen) atoms. The van der Waals surface area contributed by atoms with Crippen LogP contribution in [0.3, 0.4) is 0 Å². The fourth-order valence-corrected chi connectivity index (χ4v) is 1.70. The van der Waals surface area contributed by atoms with Crippen LogP contribution in [0.1, 0.15) is 24.6 Å². The summed E-state index contributed by atoms with van der Waals surface area (Å²) < 4.78 is 37.9. The van der Waals surface area contributed by atoms with Crippen molar-refractivity contribution in [2.75, 3.05) is 6.54 Å². The Morgan fingerprint density at radius 1 is 1.30 bits per heavy atom. The third-order valence-electron chi connectivity index (χ3n) is 2.68. The van der Waals surface area contributed by atoms with Crippen molar-refractivity contribution in [3.8, 4) is 5.69 Å². The molecule has 1 N–H and O–H groups in total. The molecule has 108 valence electrons. The number of aromatic nitrogens is 3. The first kappa shape index (κ1) is 14.5. The molecule has 0 atom stereocenters. The first-order chi connectivity index (χ1) is 9.50. The number of benzene rings is 1. The average molecular weight is 284 g/mol. The summed E-state index contributed by atoms with van der Waals surface area (Å²) in [7, 11) is 0. The van der Waals surface area contributed by atoms with Crippen molar-refractivity contribution in [2.45, 2.75) is 26.1 Å². The van der Waals surface area contributed by atoms with Gasteiger partial charge in [-0.15, -0.1) is 0 Å². The molecular formula is C13H15F3N4. The summed E-state index contributed by atoms with van der Waals surface area (Å²) >= 11 is 0. The number of rotatable bonds is 5. The quantitative estimate of drug-likeness (QED) is 0.859. The number of nitrogens with zero attached hydrogens (tertiary/aromatic N) is 3. The van der Waals surface area contributed by atoms with Gasteiger partial charge in [-0.25, -0.2) is 0 Å². The highest BCUT2D eigenvalue weighted by molar-refractivity contribution is 5.35. The van der Waals surface area contributed by atoms with E-state index >= 15 is 0 Å². The number of hydrogen-bond acceptors (Lipinski definition) is 3. The Morgan fingerprint density at radius 3 is 2.80 bits per heavy atom. The summed E-state index contributed by atoms with van der Waals surface area (Å²) in [6.07, 6.45) is -1.82. The van der Waals surface area contributed by atoms with Crippen molar-refractivity contribution < 1.29 is 13.2 Å². The minimum atomic E-state index is -4.37. The smallest absolute Gasteiger partial charge is 0.311 e. The van der Waals surface area contributed by atoms with Crippen LogP contribution >= 0.6 is 0 Å². The van der Waals surface area contributed by atoms with E-state index in [1.807, 2.05) is 6.92 Å². The molecule has 0 saturated carbocycles. The second-order valence-electron chi connectivity index (χ2n) is 4.35. The van der Waals surface area contributed by atoms with E-state index in [-0.39, 0.29) is 0 Å². The number of alkyl halides is 3. The van der Waals surface area contributed by atoms with Crippen LogP contribution in [0.2, 0.25) is 0 Å². The van der Waals surface area contributed by atoms with Crippen molar-refractivity contribution in [1.82, 2.24) is 20.3 Å². The maximum atomic E-state index is 12.6. The molecule has 1 aromatic carbocycles. The van der Waals surface area contributed by atoms with E-state index in [0.717, 1.165) is 25.1 Å². The summed E-state index contributed by atoms with van der Waals surface area (Å²) in [4.78, 5) is 1.21. The van der Waals surface area contributed by atoms with Gasteiger partial charge in [0.1, 0.15) is 0 Å². The molecule has 4 nitrogen and oxygen atoms in total. The SMILES string of the molecule is CCCNCc1cnn(-c2cccc(C(F)(F)F)c2)n1. The predicted molar refractivity (Wildman–Crippen MR) is 68.4 cm³/mol. The van der Waals surface area contributed by atoms with E-state index in [4.69, 9.17) is 0 Å². The molecule has 0 aliphatic heterocycles. The third kappa shape index (κ3) is 3.57. The normalized spacial score (nSPS) is 11.8. The lowest BCUT2D eigenvalue weighted by molar-refractivity contribution is -0.137. The zero-order valence-electron chi connectivity index (χ0n) is 11.0. The molecule has 0 saturated heterocycles. The summed E-state index contributed by atoms with van der Waals surface area (Å²) in [5.74, 6) is 0. The van der Waals surface area contributed by atoms with Gasteiger partial charge in [-0.1, -0.05) is 13.0 Å². The number of hydrogen-bond donors (Lipinski definition) is 1. The average Bonchev–Trinajstić information content (AvgIpc) is 2.87. The highest BCUT2D eigenvalue weighted by atomic mass is 19.4. The Labute approximate surface area is 114 Å². The minimum Gasteiger partial charge on any atom is -0.311 e. The van der Waals surface area contributed by atoms with Crippen LogP contribution in [0.5, 0.6) is 0 Å². The highest BCUT2D eigenvalue weighted by Gasteiger charge is 2.30. The van der Waals surface area contributed by atoms with Crippen molar-refractivity contribution in [1.29, 1.82) is 0 Å². The van der Waals surface area contributed by atoms with Crippen molar-refractivity contribution in [2.24, 2.45) is 0 Å². The van der Waals surface area contributed by atoms with Crippen molar-refractivity contribution in [3.05, 3.63) is 41.7 Å². The van der Waals surface area contributed by atoms with Gasteiger partial charge in [0.15, 0.2) is 0 Å². The van der Waals surface area contributed by atoms with Crippen LogP contribution in [0.15, 0.2) is 30.5 Å². The standard InChI is InChI=1S/C13H15F3N4/c1-2-6-17-8-11-9-18-20(19-11)12-5-3-4-10(7-12)13(14,15)16/h3-5,7,9,17H,2,6,8H2,1H3. The van der Waals surface area contributed by atoms with Gasteiger partial charge in [-0.2, -0.15) is 28.2 Å². The lowest BCUT2D eigenvalue weighted by atomic mass is 10.2. The van der Waals surface area contributed by atoms with Crippen LogP contribution in [0.4, 0.5) is 13.2 Å². The lowest BCUT2D eigenvalue weighted by Crippen LogP contribution is -2.14. The Kier molecular flexibility index (Phi) is 4.39. The molecular weight excluding hydrogens is 269 g/mol. The maximum absolute atomic E-state index is 12.6. The van der Waals surface area contributed by atoms with E-state index in [1.165, 1.54) is 10.9 Å². The van der Waals surface area contributed by atoms with Gasteiger partial charge >= 0.3 is 6.18 Å². The van der Waals surface area contributed by atoms with E-state index in [1.54, 1.807) is 12.3 Å². The summed E-state index contributed by atoms with van der Waals surface area (Å²) in [6, 6.07) is 4.94.